The monoisotopic (exact) mass is 399 g/mol. The second-order valence-electron chi connectivity index (χ2n) is 5.07. The van der Waals surface area contributed by atoms with Crippen molar-refractivity contribution >= 4 is 52.2 Å². The molecule has 8 heteroatoms. The summed E-state index contributed by atoms with van der Waals surface area (Å²) >= 11 is 13.1. The molecule has 0 saturated heterocycles. The van der Waals surface area contributed by atoms with E-state index in [4.69, 9.17) is 27.9 Å². The van der Waals surface area contributed by atoms with Gasteiger partial charge in [0, 0.05) is 23.0 Å². The standard InChI is InChI=1S/C17H15Cl2NO4S/c18-12-4-3-11(13(19)8-12)9-20-16(22)10-24-17(23)6-5-14(21)15-2-1-7-25-15/h1-4,7-8H,5-6,9-10H2,(H,20,22). The first-order chi connectivity index (χ1) is 12.0. The number of nitrogens with one attached hydrogen (secondary N) is 1. The summed E-state index contributed by atoms with van der Waals surface area (Å²) in [5.74, 6) is -1.16. The molecule has 0 bridgehead atoms. The molecule has 1 amide bonds. The number of benzene rings is 1. The molecule has 0 aliphatic heterocycles. The molecule has 0 aliphatic carbocycles. The summed E-state index contributed by atoms with van der Waals surface area (Å²) in [7, 11) is 0. The van der Waals surface area contributed by atoms with E-state index < -0.39 is 18.5 Å². The third-order valence-corrected chi connectivity index (χ3v) is 4.71. The molecule has 1 N–H and O–H groups in total. The molecule has 1 aromatic carbocycles. The summed E-state index contributed by atoms with van der Waals surface area (Å²) in [5.41, 5.74) is 0.701. The number of carbonyl (C=O) groups excluding carboxylic acids is 3. The summed E-state index contributed by atoms with van der Waals surface area (Å²) in [4.78, 5) is 35.7. The number of hydrogen-bond acceptors (Lipinski definition) is 5. The van der Waals surface area contributed by atoms with E-state index in [1.807, 2.05) is 0 Å². The van der Waals surface area contributed by atoms with Crippen LogP contribution in [0.4, 0.5) is 0 Å². The second-order valence-corrected chi connectivity index (χ2v) is 6.86. The molecule has 0 atom stereocenters. The molecule has 25 heavy (non-hydrogen) atoms. The Balaban J connectivity index is 1.67. The van der Waals surface area contributed by atoms with E-state index in [9.17, 15) is 14.4 Å². The van der Waals surface area contributed by atoms with Gasteiger partial charge in [-0.15, -0.1) is 11.3 Å². The Bertz CT molecular complexity index is 762. The van der Waals surface area contributed by atoms with Gasteiger partial charge in [-0.3, -0.25) is 14.4 Å². The van der Waals surface area contributed by atoms with Crippen LogP contribution in [-0.2, 0) is 20.9 Å². The maximum Gasteiger partial charge on any atom is 0.306 e. The van der Waals surface area contributed by atoms with Gasteiger partial charge in [-0.2, -0.15) is 0 Å². The van der Waals surface area contributed by atoms with E-state index in [0.29, 0.717) is 20.5 Å². The molecule has 1 heterocycles. The number of Topliss-reactive ketones (excluding diaryl/α,β-unsaturated/α-hetero) is 1. The predicted octanol–water partition coefficient (Wildman–Crippen LogP) is 3.88. The SMILES string of the molecule is O=C(COC(=O)CCC(=O)c1cccs1)NCc1ccc(Cl)cc1Cl. The van der Waals surface area contributed by atoms with Crippen molar-refractivity contribution < 1.29 is 19.1 Å². The minimum Gasteiger partial charge on any atom is -0.456 e. The summed E-state index contributed by atoms with van der Waals surface area (Å²) in [6, 6.07) is 8.42. The fourth-order valence-corrected chi connectivity index (χ4v) is 3.07. The van der Waals surface area contributed by atoms with Crippen molar-refractivity contribution in [3.05, 3.63) is 56.2 Å². The van der Waals surface area contributed by atoms with Crippen LogP contribution >= 0.6 is 34.5 Å². The maximum atomic E-state index is 11.8. The lowest BCUT2D eigenvalue weighted by Gasteiger charge is -2.08. The summed E-state index contributed by atoms with van der Waals surface area (Å²) in [5, 5.41) is 5.33. The molecular weight excluding hydrogens is 385 g/mol. The molecule has 0 spiro atoms. The van der Waals surface area contributed by atoms with Gasteiger partial charge in [0.05, 0.1) is 11.3 Å². The van der Waals surface area contributed by atoms with Crippen molar-refractivity contribution in [2.24, 2.45) is 0 Å². The van der Waals surface area contributed by atoms with Crippen LogP contribution in [0.5, 0.6) is 0 Å². The molecular formula is C17H15Cl2NO4S. The average molecular weight is 400 g/mol. The summed E-state index contributed by atoms with van der Waals surface area (Å²) < 4.78 is 4.86. The first-order valence-corrected chi connectivity index (χ1v) is 9.02. The number of halogens is 2. The van der Waals surface area contributed by atoms with Crippen LogP contribution in [0.25, 0.3) is 0 Å². The number of hydrogen-bond donors (Lipinski definition) is 1. The molecule has 0 unspecified atom stereocenters. The van der Waals surface area contributed by atoms with E-state index in [1.165, 1.54) is 11.3 Å². The van der Waals surface area contributed by atoms with Gasteiger partial charge in [0.1, 0.15) is 0 Å². The first-order valence-electron chi connectivity index (χ1n) is 7.38. The smallest absolute Gasteiger partial charge is 0.306 e. The molecule has 2 rings (SSSR count). The zero-order chi connectivity index (χ0) is 18.2. The normalized spacial score (nSPS) is 10.3. The van der Waals surface area contributed by atoms with E-state index in [0.717, 1.165) is 0 Å². The third-order valence-electron chi connectivity index (χ3n) is 3.21. The Morgan fingerprint density at radius 1 is 1.12 bits per heavy atom. The van der Waals surface area contributed by atoms with Gasteiger partial charge in [-0.1, -0.05) is 35.3 Å². The lowest BCUT2D eigenvalue weighted by molar-refractivity contribution is -0.148. The van der Waals surface area contributed by atoms with Crippen molar-refractivity contribution in [3.8, 4) is 0 Å². The molecule has 1 aromatic heterocycles. The third kappa shape index (κ3) is 6.49. The average Bonchev–Trinajstić information content (AvgIpc) is 3.11. The number of amides is 1. The fourth-order valence-electron chi connectivity index (χ4n) is 1.90. The molecule has 132 valence electrons. The van der Waals surface area contributed by atoms with Crippen LogP contribution in [0.3, 0.4) is 0 Å². The van der Waals surface area contributed by atoms with Gasteiger partial charge in [0.2, 0.25) is 0 Å². The van der Waals surface area contributed by atoms with Gasteiger partial charge in [0.15, 0.2) is 12.4 Å². The summed E-state index contributed by atoms with van der Waals surface area (Å²) in [6.07, 6.45) is -0.00558. The number of ether oxygens (including phenoxy) is 1. The minimum atomic E-state index is -0.593. The van der Waals surface area contributed by atoms with Crippen molar-refractivity contribution in [1.82, 2.24) is 5.32 Å². The van der Waals surface area contributed by atoms with Gasteiger partial charge in [-0.05, 0) is 29.1 Å². The van der Waals surface area contributed by atoms with Crippen LogP contribution in [0, 0.1) is 0 Å². The van der Waals surface area contributed by atoms with Crippen molar-refractivity contribution in [2.45, 2.75) is 19.4 Å². The van der Waals surface area contributed by atoms with E-state index in [2.05, 4.69) is 5.32 Å². The Labute approximate surface area is 158 Å². The molecule has 0 fully saturated rings. The minimum absolute atomic E-state index is 0.0569. The van der Waals surface area contributed by atoms with Crippen LogP contribution in [0.1, 0.15) is 28.1 Å². The Morgan fingerprint density at radius 3 is 2.60 bits per heavy atom. The number of esters is 1. The highest BCUT2D eigenvalue weighted by atomic mass is 35.5. The van der Waals surface area contributed by atoms with Gasteiger partial charge < -0.3 is 10.1 Å². The number of thiophene rings is 1. The topological polar surface area (TPSA) is 72.5 Å². The molecule has 5 nitrogen and oxygen atoms in total. The Morgan fingerprint density at radius 2 is 1.92 bits per heavy atom. The van der Waals surface area contributed by atoms with Gasteiger partial charge >= 0.3 is 5.97 Å². The predicted molar refractivity (Wildman–Crippen MR) is 97.2 cm³/mol. The van der Waals surface area contributed by atoms with Crippen molar-refractivity contribution in [2.75, 3.05) is 6.61 Å². The number of ketones is 1. The van der Waals surface area contributed by atoms with Crippen molar-refractivity contribution in [3.63, 3.8) is 0 Å². The van der Waals surface area contributed by atoms with Crippen LogP contribution in [0.2, 0.25) is 10.0 Å². The van der Waals surface area contributed by atoms with E-state index >= 15 is 0 Å². The lowest BCUT2D eigenvalue weighted by atomic mass is 10.2. The molecule has 2 aromatic rings. The molecule has 0 saturated carbocycles. The highest BCUT2D eigenvalue weighted by molar-refractivity contribution is 7.12. The zero-order valence-electron chi connectivity index (χ0n) is 13.1. The van der Waals surface area contributed by atoms with Crippen LogP contribution in [0.15, 0.2) is 35.7 Å². The van der Waals surface area contributed by atoms with Crippen LogP contribution < -0.4 is 5.32 Å². The van der Waals surface area contributed by atoms with Crippen molar-refractivity contribution in [1.29, 1.82) is 0 Å². The summed E-state index contributed by atoms with van der Waals surface area (Å²) in [6.45, 7) is -0.208. The highest BCUT2D eigenvalue weighted by Crippen LogP contribution is 2.20. The van der Waals surface area contributed by atoms with Gasteiger partial charge in [-0.25, -0.2) is 0 Å². The molecule has 0 aliphatic rings. The fraction of sp³-hybridized carbons (Fsp3) is 0.235. The van der Waals surface area contributed by atoms with Gasteiger partial charge in [0.25, 0.3) is 5.91 Å². The molecule has 0 radical (unpaired) electrons. The Hall–Kier alpha value is -1.89. The highest BCUT2D eigenvalue weighted by Gasteiger charge is 2.12. The van der Waals surface area contributed by atoms with E-state index in [1.54, 1.807) is 35.7 Å². The maximum absolute atomic E-state index is 11.8. The lowest BCUT2D eigenvalue weighted by Crippen LogP contribution is -2.28. The number of rotatable bonds is 8. The zero-order valence-corrected chi connectivity index (χ0v) is 15.4. The largest absolute Gasteiger partial charge is 0.456 e. The second kappa shape index (κ2) is 9.56. The first kappa shape index (κ1) is 19.4. The van der Waals surface area contributed by atoms with Crippen LogP contribution in [-0.4, -0.2) is 24.3 Å². The Kier molecular flexibility index (Phi) is 7.43. The van der Waals surface area contributed by atoms with E-state index in [-0.39, 0.29) is 25.2 Å². The quantitative estimate of drug-likeness (QED) is 0.539. The number of carbonyl (C=O) groups is 3.